The normalized spacial score (nSPS) is 12.0. The molecule has 0 radical (unpaired) electrons. The molecule has 0 saturated heterocycles. The number of anilines is 2. The molecule has 0 aliphatic rings. The van der Waals surface area contributed by atoms with Crippen LogP contribution in [0.4, 0.5) is 11.5 Å². The van der Waals surface area contributed by atoms with Crippen LogP contribution in [0.25, 0.3) is 0 Å². The van der Waals surface area contributed by atoms with Crippen molar-refractivity contribution < 1.29 is 5.11 Å². The SMILES string of the molecule is Cc1ccc(C(C)Nc2cccnc2N(C)C)c(O)c1. The molecular weight excluding hydrogens is 250 g/mol. The first-order chi connectivity index (χ1) is 9.49. The molecule has 1 aromatic carbocycles. The Bertz CT molecular complexity index is 596. The molecule has 1 atom stereocenters. The van der Waals surface area contributed by atoms with E-state index < -0.39 is 0 Å². The number of benzene rings is 1. The lowest BCUT2D eigenvalue weighted by Gasteiger charge is -2.21. The molecule has 1 unspecified atom stereocenters. The number of nitrogens with zero attached hydrogens (tertiary/aromatic N) is 2. The van der Waals surface area contributed by atoms with Crippen LogP contribution in [0.15, 0.2) is 36.5 Å². The van der Waals surface area contributed by atoms with E-state index in [1.165, 1.54) is 0 Å². The smallest absolute Gasteiger partial charge is 0.151 e. The lowest BCUT2D eigenvalue weighted by molar-refractivity contribution is 0.465. The Morgan fingerprint density at radius 2 is 2.00 bits per heavy atom. The molecule has 1 heterocycles. The van der Waals surface area contributed by atoms with Crippen LogP contribution in [0.2, 0.25) is 0 Å². The number of rotatable bonds is 4. The Morgan fingerprint density at radius 1 is 1.25 bits per heavy atom. The first-order valence-electron chi connectivity index (χ1n) is 6.67. The van der Waals surface area contributed by atoms with Gasteiger partial charge in [-0.1, -0.05) is 12.1 Å². The molecule has 0 spiro atoms. The second-order valence-electron chi connectivity index (χ2n) is 5.20. The van der Waals surface area contributed by atoms with Crippen molar-refractivity contribution in [2.75, 3.05) is 24.3 Å². The molecule has 1 aromatic heterocycles. The van der Waals surface area contributed by atoms with E-state index in [0.29, 0.717) is 5.75 Å². The summed E-state index contributed by atoms with van der Waals surface area (Å²) in [5, 5.41) is 13.5. The summed E-state index contributed by atoms with van der Waals surface area (Å²) in [4.78, 5) is 6.32. The van der Waals surface area contributed by atoms with Crippen LogP contribution in [0.1, 0.15) is 24.1 Å². The minimum Gasteiger partial charge on any atom is -0.508 e. The number of hydrogen-bond donors (Lipinski definition) is 2. The van der Waals surface area contributed by atoms with Gasteiger partial charge in [0.1, 0.15) is 5.75 Å². The average molecular weight is 271 g/mol. The molecule has 2 rings (SSSR count). The molecule has 4 heteroatoms. The summed E-state index contributed by atoms with van der Waals surface area (Å²) in [5.41, 5.74) is 2.88. The number of pyridine rings is 1. The quantitative estimate of drug-likeness (QED) is 0.895. The van der Waals surface area contributed by atoms with Gasteiger partial charge in [-0.2, -0.15) is 0 Å². The van der Waals surface area contributed by atoms with Gasteiger partial charge in [-0.25, -0.2) is 4.98 Å². The maximum absolute atomic E-state index is 10.1. The summed E-state index contributed by atoms with van der Waals surface area (Å²) in [5.74, 6) is 1.20. The molecule has 0 amide bonds. The number of aromatic hydroxyl groups is 1. The number of phenolic OH excluding ortho intramolecular Hbond substituents is 1. The maximum Gasteiger partial charge on any atom is 0.151 e. The lowest BCUT2D eigenvalue weighted by Crippen LogP contribution is -2.15. The fourth-order valence-corrected chi connectivity index (χ4v) is 2.20. The van der Waals surface area contributed by atoms with Gasteiger partial charge in [-0.3, -0.25) is 0 Å². The van der Waals surface area contributed by atoms with Gasteiger partial charge >= 0.3 is 0 Å². The second kappa shape index (κ2) is 5.82. The van der Waals surface area contributed by atoms with Gasteiger partial charge in [0.05, 0.1) is 11.7 Å². The van der Waals surface area contributed by atoms with E-state index in [4.69, 9.17) is 0 Å². The van der Waals surface area contributed by atoms with Crippen molar-refractivity contribution in [1.29, 1.82) is 0 Å². The topological polar surface area (TPSA) is 48.4 Å². The molecule has 106 valence electrons. The van der Waals surface area contributed by atoms with Crippen molar-refractivity contribution in [2.45, 2.75) is 19.9 Å². The molecule has 2 N–H and O–H groups in total. The zero-order chi connectivity index (χ0) is 14.7. The highest BCUT2D eigenvalue weighted by Crippen LogP contribution is 2.30. The van der Waals surface area contributed by atoms with Crippen molar-refractivity contribution in [1.82, 2.24) is 4.98 Å². The summed E-state index contributed by atoms with van der Waals surface area (Å²) < 4.78 is 0. The van der Waals surface area contributed by atoms with Crippen LogP contribution in [0, 0.1) is 6.92 Å². The molecule has 0 bridgehead atoms. The number of phenols is 1. The van der Waals surface area contributed by atoms with Crippen LogP contribution in [0.5, 0.6) is 5.75 Å². The minimum absolute atomic E-state index is 0.00139. The van der Waals surface area contributed by atoms with Gasteiger partial charge in [0.25, 0.3) is 0 Å². The van der Waals surface area contributed by atoms with Crippen molar-refractivity contribution in [3.05, 3.63) is 47.7 Å². The largest absolute Gasteiger partial charge is 0.508 e. The predicted octanol–water partition coefficient (Wildman–Crippen LogP) is 3.33. The van der Waals surface area contributed by atoms with E-state index in [1.807, 2.05) is 57.1 Å². The molecule has 0 saturated carbocycles. The molecule has 0 fully saturated rings. The van der Waals surface area contributed by atoms with Crippen LogP contribution < -0.4 is 10.2 Å². The first kappa shape index (κ1) is 14.2. The number of aromatic nitrogens is 1. The fourth-order valence-electron chi connectivity index (χ4n) is 2.20. The summed E-state index contributed by atoms with van der Waals surface area (Å²) in [6, 6.07) is 9.63. The van der Waals surface area contributed by atoms with Crippen LogP contribution >= 0.6 is 0 Å². The van der Waals surface area contributed by atoms with E-state index in [1.54, 1.807) is 12.3 Å². The van der Waals surface area contributed by atoms with Gasteiger partial charge < -0.3 is 15.3 Å². The number of nitrogens with one attached hydrogen (secondary N) is 1. The van der Waals surface area contributed by atoms with Crippen LogP contribution in [-0.2, 0) is 0 Å². The summed E-state index contributed by atoms with van der Waals surface area (Å²) in [6.07, 6.45) is 1.77. The Hall–Kier alpha value is -2.23. The Balaban J connectivity index is 2.26. The Labute approximate surface area is 120 Å². The first-order valence-corrected chi connectivity index (χ1v) is 6.67. The van der Waals surface area contributed by atoms with E-state index in [9.17, 15) is 5.11 Å². The van der Waals surface area contributed by atoms with Crippen molar-refractivity contribution >= 4 is 11.5 Å². The van der Waals surface area contributed by atoms with E-state index in [-0.39, 0.29) is 6.04 Å². The van der Waals surface area contributed by atoms with E-state index >= 15 is 0 Å². The molecule has 4 nitrogen and oxygen atoms in total. The number of aryl methyl sites for hydroxylation is 1. The van der Waals surface area contributed by atoms with Gasteiger partial charge in [0, 0.05) is 25.9 Å². The Morgan fingerprint density at radius 3 is 2.65 bits per heavy atom. The highest BCUT2D eigenvalue weighted by atomic mass is 16.3. The third kappa shape index (κ3) is 3.02. The average Bonchev–Trinajstić information content (AvgIpc) is 2.38. The van der Waals surface area contributed by atoms with E-state index in [0.717, 1.165) is 22.6 Å². The summed E-state index contributed by atoms with van der Waals surface area (Å²) in [7, 11) is 3.92. The second-order valence-corrected chi connectivity index (χ2v) is 5.20. The summed E-state index contributed by atoms with van der Waals surface area (Å²) in [6.45, 7) is 3.99. The molecule has 2 aromatic rings. The fraction of sp³-hybridized carbons (Fsp3) is 0.312. The van der Waals surface area contributed by atoms with Crippen LogP contribution in [0.3, 0.4) is 0 Å². The molecule has 0 aliphatic heterocycles. The van der Waals surface area contributed by atoms with Gasteiger partial charge in [-0.15, -0.1) is 0 Å². The van der Waals surface area contributed by atoms with Gasteiger partial charge in [-0.05, 0) is 37.6 Å². The predicted molar refractivity (Wildman–Crippen MR) is 83.4 cm³/mol. The maximum atomic E-state index is 10.1. The standard InChI is InChI=1S/C16H21N3O/c1-11-7-8-13(15(20)10-11)12(2)18-14-6-5-9-17-16(14)19(3)4/h5-10,12,18,20H,1-4H3. The van der Waals surface area contributed by atoms with Gasteiger partial charge in [0.15, 0.2) is 5.82 Å². The van der Waals surface area contributed by atoms with E-state index in [2.05, 4.69) is 10.3 Å². The third-order valence-corrected chi connectivity index (χ3v) is 3.23. The monoisotopic (exact) mass is 271 g/mol. The zero-order valence-electron chi connectivity index (χ0n) is 12.4. The molecule has 20 heavy (non-hydrogen) atoms. The summed E-state index contributed by atoms with van der Waals surface area (Å²) >= 11 is 0. The van der Waals surface area contributed by atoms with Crippen LogP contribution in [-0.4, -0.2) is 24.2 Å². The van der Waals surface area contributed by atoms with Gasteiger partial charge in [0.2, 0.25) is 0 Å². The third-order valence-electron chi connectivity index (χ3n) is 3.23. The highest BCUT2D eigenvalue weighted by Gasteiger charge is 2.13. The zero-order valence-corrected chi connectivity index (χ0v) is 12.4. The highest BCUT2D eigenvalue weighted by molar-refractivity contribution is 5.65. The Kier molecular flexibility index (Phi) is 4.13. The molecular formula is C16H21N3O. The van der Waals surface area contributed by atoms with Crippen molar-refractivity contribution in [2.24, 2.45) is 0 Å². The molecule has 0 aliphatic carbocycles. The number of hydrogen-bond acceptors (Lipinski definition) is 4. The van der Waals surface area contributed by atoms with Crippen molar-refractivity contribution in [3.63, 3.8) is 0 Å². The van der Waals surface area contributed by atoms with Crippen molar-refractivity contribution in [3.8, 4) is 5.75 Å². The lowest BCUT2D eigenvalue weighted by atomic mass is 10.0. The minimum atomic E-state index is -0.00139.